The number of nitrogens with one attached hydrogen (secondary N) is 2. The zero-order chi connectivity index (χ0) is 16.5. The van der Waals surface area contributed by atoms with E-state index in [0.717, 1.165) is 30.5 Å². The number of rotatable bonds is 7. The van der Waals surface area contributed by atoms with Gasteiger partial charge in [-0.1, -0.05) is 22.0 Å². The number of aliphatic imine (C=N–C) groups is 1. The van der Waals surface area contributed by atoms with E-state index in [9.17, 15) is 4.39 Å². The molecule has 1 fully saturated rings. The average Bonchev–Trinajstić information content (AvgIpc) is 3.05. The van der Waals surface area contributed by atoms with Gasteiger partial charge in [-0.3, -0.25) is 4.99 Å². The molecule has 0 spiro atoms. The average molecular weight is 516 g/mol. The maximum atomic E-state index is 13.7. The molecule has 0 aromatic heterocycles. The second-order valence-corrected chi connectivity index (χ2v) is 6.21. The van der Waals surface area contributed by atoms with Gasteiger partial charge in [0, 0.05) is 43.4 Å². The first-order valence-electron chi connectivity index (χ1n) is 7.77. The molecule has 2 rings (SSSR count). The van der Waals surface area contributed by atoms with Crippen molar-refractivity contribution < 1.29 is 13.9 Å². The lowest BCUT2D eigenvalue weighted by Gasteiger charge is -2.13. The van der Waals surface area contributed by atoms with Gasteiger partial charge in [0.05, 0.1) is 12.7 Å². The standard InChI is InChI=1S/C16H23BrFN3O2.HI/c1-19-16(20-6-2-7-23-14-5-8-22-11-14)21-10-12-3-4-13(17)9-15(12)18;/h3-4,9,14H,2,5-8,10-11H2,1H3,(H2,19,20,21);1H. The summed E-state index contributed by atoms with van der Waals surface area (Å²) in [6.45, 7) is 3.33. The van der Waals surface area contributed by atoms with Gasteiger partial charge in [0.15, 0.2) is 5.96 Å². The third kappa shape index (κ3) is 7.62. The van der Waals surface area contributed by atoms with E-state index in [4.69, 9.17) is 9.47 Å². The van der Waals surface area contributed by atoms with E-state index in [0.29, 0.717) is 31.3 Å². The molecule has 0 radical (unpaired) electrons. The number of benzene rings is 1. The van der Waals surface area contributed by atoms with Crippen LogP contribution in [0.25, 0.3) is 0 Å². The molecule has 1 saturated heterocycles. The molecule has 1 heterocycles. The Kier molecular flexibility index (Phi) is 10.8. The van der Waals surface area contributed by atoms with Crippen molar-refractivity contribution in [2.24, 2.45) is 4.99 Å². The van der Waals surface area contributed by atoms with Crippen LogP contribution in [0.1, 0.15) is 18.4 Å². The quantitative estimate of drug-likeness (QED) is 0.253. The van der Waals surface area contributed by atoms with Crippen molar-refractivity contribution >= 4 is 45.9 Å². The van der Waals surface area contributed by atoms with Gasteiger partial charge in [-0.2, -0.15) is 0 Å². The Morgan fingerprint density at radius 2 is 2.29 bits per heavy atom. The maximum Gasteiger partial charge on any atom is 0.191 e. The van der Waals surface area contributed by atoms with E-state index in [-0.39, 0.29) is 35.9 Å². The predicted molar refractivity (Wildman–Crippen MR) is 108 cm³/mol. The Morgan fingerprint density at radius 3 is 2.96 bits per heavy atom. The van der Waals surface area contributed by atoms with Gasteiger partial charge in [0.1, 0.15) is 5.82 Å². The molecule has 1 atom stereocenters. The summed E-state index contributed by atoms with van der Waals surface area (Å²) in [5.74, 6) is 0.408. The van der Waals surface area contributed by atoms with Crippen LogP contribution < -0.4 is 10.6 Å². The number of halogens is 3. The lowest BCUT2D eigenvalue weighted by Crippen LogP contribution is -2.37. The lowest BCUT2D eigenvalue weighted by molar-refractivity contribution is 0.0420. The summed E-state index contributed by atoms with van der Waals surface area (Å²) >= 11 is 3.25. The molecule has 8 heteroatoms. The lowest BCUT2D eigenvalue weighted by atomic mass is 10.2. The highest BCUT2D eigenvalue weighted by Crippen LogP contribution is 2.15. The largest absolute Gasteiger partial charge is 0.379 e. The second kappa shape index (κ2) is 12.0. The summed E-state index contributed by atoms with van der Waals surface area (Å²) in [6.07, 6.45) is 2.10. The molecule has 1 aromatic carbocycles. The fourth-order valence-corrected chi connectivity index (χ4v) is 2.57. The Labute approximate surface area is 167 Å². The summed E-state index contributed by atoms with van der Waals surface area (Å²) in [7, 11) is 1.69. The first-order chi connectivity index (χ1) is 11.2. The van der Waals surface area contributed by atoms with Gasteiger partial charge in [0.25, 0.3) is 0 Å². The van der Waals surface area contributed by atoms with E-state index in [1.165, 1.54) is 6.07 Å². The van der Waals surface area contributed by atoms with E-state index in [1.54, 1.807) is 13.1 Å². The van der Waals surface area contributed by atoms with Gasteiger partial charge < -0.3 is 20.1 Å². The van der Waals surface area contributed by atoms with Crippen molar-refractivity contribution in [1.82, 2.24) is 10.6 Å². The highest BCUT2D eigenvalue weighted by molar-refractivity contribution is 14.0. The number of hydrogen-bond donors (Lipinski definition) is 2. The van der Waals surface area contributed by atoms with E-state index in [1.807, 2.05) is 6.07 Å². The van der Waals surface area contributed by atoms with Crippen LogP contribution in [0.3, 0.4) is 0 Å². The molecule has 0 saturated carbocycles. The van der Waals surface area contributed by atoms with E-state index < -0.39 is 0 Å². The Morgan fingerprint density at radius 1 is 1.46 bits per heavy atom. The van der Waals surface area contributed by atoms with E-state index in [2.05, 4.69) is 31.6 Å². The number of nitrogens with zero attached hydrogens (tertiary/aromatic N) is 1. The van der Waals surface area contributed by atoms with Crippen LogP contribution in [-0.2, 0) is 16.0 Å². The number of guanidine groups is 1. The van der Waals surface area contributed by atoms with Crippen molar-refractivity contribution in [2.45, 2.75) is 25.5 Å². The van der Waals surface area contributed by atoms with Gasteiger partial charge >= 0.3 is 0 Å². The summed E-state index contributed by atoms with van der Waals surface area (Å²) in [5.41, 5.74) is 0.598. The highest BCUT2D eigenvalue weighted by atomic mass is 127. The zero-order valence-electron chi connectivity index (χ0n) is 13.7. The third-order valence-corrected chi connectivity index (χ3v) is 4.03. The SMILES string of the molecule is CN=C(NCCCOC1CCOC1)NCc1ccc(Br)cc1F.I. The molecule has 136 valence electrons. The Balaban J connectivity index is 0.00000288. The van der Waals surface area contributed by atoms with Crippen LogP contribution in [0.15, 0.2) is 27.7 Å². The molecule has 2 N–H and O–H groups in total. The minimum Gasteiger partial charge on any atom is -0.379 e. The highest BCUT2D eigenvalue weighted by Gasteiger charge is 2.15. The summed E-state index contributed by atoms with van der Waals surface area (Å²) < 4.78 is 25.4. The number of ether oxygens (including phenoxy) is 2. The van der Waals surface area contributed by atoms with Crippen LogP contribution in [0.4, 0.5) is 4.39 Å². The minimum absolute atomic E-state index is 0. The van der Waals surface area contributed by atoms with Gasteiger partial charge in [-0.05, 0) is 25.0 Å². The van der Waals surface area contributed by atoms with Crippen LogP contribution in [0.5, 0.6) is 0 Å². The topological polar surface area (TPSA) is 54.9 Å². The molecular formula is C16H24BrFIN3O2. The summed E-state index contributed by atoms with van der Waals surface area (Å²) in [6, 6.07) is 5.02. The van der Waals surface area contributed by atoms with Crippen LogP contribution in [0, 0.1) is 5.82 Å². The van der Waals surface area contributed by atoms with Gasteiger partial charge in [-0.25, -0.2) is 4.39 Å². The third-order valence-electron chi connectivity index (χ3n) is 3.54. The minimum atomic E-state index is -0.241. The molecule has 5 nitrogen and oxygen atoms in total. The first kappa shape index (κ1) is 21.6. The van der Waals surface area contributed by atoms with Crippen molar-refractivity contribution in [3.05, 3.63) is 34.1 Å². The zero-order valence-corrected chi connectivity index (χ0v) is 17.6. The number of hydrogen-bond acceptors (Lipinski definition) is 3. The first-order valence-corrected chi connectivity index (χ1v) is 8.56. The molecule has 0 bridgehead atoms. The monoisotopic (exact) mass is 515 g/mol. The Bertz CT molecular complexity index is 528. The van der Waals surface area contributed by atoms with Gasteiger partial charge in [-0.15, -0.1) is 24.0 Å². The molecule has 1 aliphatic rings. The molecule has 24 heavy (non-hydrogen) atoms. The normalized spacial score (nSPS) is 17.5. The van der Waals surface area contributed by atoms with Crippen molar-refractivity contribution in [2.75, 3.05) is 33.4 Å². The molecule has 0 amide bonds. The van der Waals surface area contributed by atoms with Crippen LogP contribution in [-0.4, -0.2) is 45.5 Å². The molecular weight excluding hydrogens is 492 g/mol. The van der Waals surface area contributed by atoms with Crippen LogP contribution >= 0.6 is 39.9 Å². The van der Waals surface area contributed by atoms with Crippen molar-refractivity contribution in [1.29, 1.82) is 0 Å². The fourth-order valence-electron chi connectivity index (χ4n) is 2.24. The predicted octanol–water partition coefficient (Wildman–Crippen LogP) is 3.07. The van der Waals surface area contributed by atoms with Crippen molar-refractivity contribution in [3.63, 3.8) is 0 Å². The smallest absolute Gasteiger partial charge is 0.191 e. The molecule has 0 aliphatic carbocycles. The second-order valence-electron chi connectivity index (χ2n) is 5.30. The maximum absolute atomic E-state index is 13.7. The van der Waals surface area contributed by atoms with Gasteiger partial charge in [0.2, 0.25) is 0 Å². The summed E-state index contributed by atoms with van der Waals surface area (Å²) in [4.78, 5) is 4.13. The molecule has 1 aromatic rings. The van der Waals surface area contributed by atoms with Crippen molar-refractivity contribution in [3.8, 4) is 0 Å². The summed E-state index contributed by atoms with van der Waals surface area (Å²) in [5, 5.41) is 6.29. The fraction of sp³-hybridized carbons (Fsp3) is 0.562. The molecule has 1 unspecified atom stereocenters. The Hall–Kier alpha value is -0.450. The molecule has 1 aliphatic heterocycles. The van der Waals surface area contributed by atoms with E-state index >= 15 is 0 Å². The van der Waals surface area contributed by atoms with Crippen LogP contribution in [0.2, 0.25) is 0 Å².